The minimum absolute atomic E-state index is 0.0562. The van der Waals surface area contributed by atoms with Gasteiger partial charge in [0.15, 0.2) is 0 Å². The highest BCUT2D eigenvalue weighted by Gasteiger charge is 2.50. The third kappa shape index (κ3) is 6.81. The fourth-order valence-corrected chi connectivity index (χ4v) is 11.4. The van der Waals surface area contributed by atoms with Crippen molar-refractivity contribution in [2.45, 2.75) is 77.0 Å². The quantitative estimate of drug-likeness (QED) is 0.154. The average molecular weight is 866 g/mol. The molecule has 328 valence electrons. The normalized spacial score (nSPS) is 15.6. The Kier molecular flexibility index (Phi) is 9.94. The van der Waals surface area contributed by atoms with Gasteiger partial charge in [0.05, 0.1) is 11.1 Å². The Hall–Kier alpha value is -7.22. The standard InChI is InChI=1S/C66H59N/c1-63(2,3)49-40-56-55-38-36-51(67(61-34-21-19-31-52(61)45-25-14-10-15-26-45)50-35-37-54-53-32-18-20-33-57(53)65(7,8)58(54)42-50)43-59(55)66(47-28-16-11-17-29-47,62(56)60(41-49)64(4,5)6)48-30-22-27-46(39-48)44-23-12-9-13-24-44/h9-43H,1-8H3. The maximum atomic E-state index is 2.55. The van der Waals surface area contributed by atoms with Crippen molar-refractivity contribution < 1.29 is 0 Å². The van der Waals surface area contributed by atoms with Crippen molar-refractivity contribution in [2.24, 2.45) is 0 Å². The zero-order valence-electron chi connectivity index (χ0n) is 40.2. The number of benzene rings is 9. The largest absolute Gasteiger partial charge is 0.310 e. The Balaban J connectivity index is 1.25. The molecule has 2 aliphatic rings. The van der Waals surface area contributed by atoms with Crippen LogP contribution in [0.2, 0.25) is 0 Å². The number of rotatable bonds is 7. The molecule has 9 aromatic carbocycles. The summed E-state index contributed by atoms with van der Waals surface area (Å²) in [6.07, 6.45) is 0. The molecule has 0 radical (unpaired) electrons. The molecule has 0 saturated heterocycles. The van der Waals surface area contributed by atoms with Gasteiger partial charge in [-0.1, -0.05) is 231 Å². The van der Waals surface area contributed by atoms with Crippen LogP contribution in [0.5, 0.6) is 0 Å². The molecular weight excluding hydrogens is 807 g/mol. The van der Waals surface area contributed by atoms with E-state index in [-0.39, 0.29) is 16.2 Å². The van der Waals surface area contributed by atoms with Crippen molar-refractivity contribution in [1.82, 2.24) is 0 Å². The molecule has 11 rings (SSSR count). The Morgan fingerprint density at radius 1 is 0.358 bits per heavy atom. The van der Waals surface area contributed by atoms with Crippen LogP contribution in [0.25, 0.3) is 44.5 Å². The smallest absolute Gasteiger partial charge is 0.0717 e. The summed E-state index contributed by atoms with van der Waals surface area (Å²) in [5.41, 5.74) is 23.1. The van der Waals surface area contributed by atoms with Crippen LogP contribution in [0, 0.1) is 0 Å². The molecule has 0 heterocycles. The molecule has 0 aromatic heterocycles. The Morgan fingerprint density at radius 2 is 0.881 bits per heavy atom. The summed E-state index contributed by atoms with van der Waals surface area (Å²) in [5.74, 6) is 0. The van der Waals surface area contributed by atoms with Crippen molar-refractivity contribution in [3.63, 3.8) is 0 Å². The fourth-order valence-electron chi connectivity index (χ4n) is 11.4. The van der Waals surface area contributed by atoms with Gasteiger partial charge in [-0.3, -0.25) is 0 Å². The van der Waals surface area contributed by atoms with Crippen LogP contribution in [0.1, 0.15) is 99.9 Å². The fraction of sp³-hybridized carbons (Fsp3) is 0.182. The second-order valence-corrected chi connectivity index (χ2v) is 21.4. The summed E-state index contributed by atoms with van der Waals surface area (Å²) in [4.78, 5) is 2.53. The molecule has 0 fully saturated rings. The first kappa shape index (κ1) is 42.4. The lowest BCUT2D eigenvalue weighted by Gasteiger charge is -2.39. The second kappa shape index (κ2) is 15.7. The lowest BCUT2D eigenvalue weighted by molar-refractivity contribution is 0.557. The van der Waals surface area contributed by atoms with E-state index in [1.807, 2.05) is 0 Å². The van der Waals surface area contributed by atoms with E-state index >= 15 is 0 Å². The number of hydrogen-bond acceptors (Lipinski definition) is 1. The summed E-state index contributed by atoms with van der Waals surface area (Å²) in [6.45, 7) is 19.0. The van der Waals surface area contributed by atoms with E-state index in [1.54, 1.807) is 0 Å². The summed E-state index contributed by atoms with van der Waals surface area (Å²) < 4.78 is 0. The van der Waals surface area contributed by atoms with Gasteiger partial charge in [-0.2, -0.15) is 0 Å². The van der Waals surface area contributed by atoms with Crippen LogP contribution >= 0.6 is 0 Å². The molecule has 0 saturated carbocycles. The first-order valence-electron chi connectivity index (χ1n) is 24.0. The predicted molar refractivity (Wildman–Crippen MR) is 284 cm³/mol. The SMILES string of the molecule is CC(C)(C)c1cc2c(c(C(C)(C)C)c1)C(c1ccccc1)(c1cccc(-c3ccccc3)c1)c1cc(N(c3ccc4c(c3)C(C)(C)c3ccccc3-4)c3ccccc3-c3ccccc3)ccc1-2. The molecule has 67 heavy (non-hydrogen) atoms. The molecule has 9 aromatic rings. The predicted octanol–water partition coefficient (Wildman–Crippen LogP) is 17.8. The third-order valence-electron chi connectivity index (χ3n) is 14.8. The van der Waals surface area contributed by atoms with Gasteiger partial charge < -0.3 is 4.90 Å². The summed E-state index contributed by atoms with van der Waals surface area (Å²) in [6, 6.07) is 80.0. The van der Waals surface area contributed by atoms with Gasteiger partial charge >= 0.3 is 0 Å². The Labute approximate surface area is 398 Å². The topological polar surface area (TPSA) is 3.24 Å². The maximum absolute atomic E-state index is 2.55. The highest BCUT2D eigenvalue weighted by molar-refractivity contribution is 5.94. The van der Waals surface area contributed by atoms with Crippen LogP contribution in [0.4, 0.5) is 17.1 Å². The number of para-hydroxylation sites is 1. The maximum Gasteiger partial charge on any atom is 0.0717 e. The number of fused-ring (bicyclic) bond motifs is 6. The minimum atomic E-state index is -0.655. The van der Waals surface area contributed by atoms with Gasteiger partial charge in [0.1, 0.15) is 0 Å². The highest BCUT2D eigenvalue weighted by Crippen LogP contribution is 2.61. The van der Waals surface area contributed by atoms with E-state index in [0.29, 0.717) is 0 Å². The summed E-state index contributed by atoms with van der Waals surface area (Å²) >= 11 is 0. The lowest BCUT2D eigenvalue weighted by atomic mass is 9.63. The molecule has 1 unspecified atom stereocenters. The van der Waals surface area contributed by atoms with Crippen molar-refractivity contribution in [2.75, 3.05) is 4.90 Å². The second-order valence-electron chi connectivity index (χ2n) is 21.4. The van der Waals surface area contributed by atoms with Gasteiger partial charge in [0.2, 0.25) is 0 Å². The van der Waals surface area contributed by atoms with Crippen molar-refractivity contribution in [3.8, 4) is 44.5 Å². The molecular formula is C66H59N. The summed E-state index contributed by atoms with van der Waals surface area (Å²) in [7, 11) is 0. The molecule has 1 atom stereocenters. The summed E-state index contributed by atoms with van der Waals surface area (Å²) in [5, 5.41) is 0. The van der Waals surface area contributed by atoms with Crippen molar-refractivity contribution >= 4 is 17.1 Å². The lowest BCUT2D eigenvalue weighted by Crippen LogP contribution is -2.32. The van der Waals surface area contributed by atoms with E-state index in [4.69, 9.17) is 0 Å². The molecule has 0 N–H and O–H groups in total. The molecule has 0 spiro atoms. The number of nitrogens with zero attached hydrogens (tertiary/aromatic N) is 1. The van der Waals surface area contributed by atoms with Crippen molar-refractivity contribution in [1.29, 1.82) is 0 Å². The van der Waals surface area contributed by atoms with Gasteiger partial charge in [-0.05, 0) is 131 Å². The number of hydrogen-bond donors (Lipinski definition) is 0. The third-order valence-corrected chi connectivity index (χ3v) is 14.8. The first-order chi connectivity index (χ1) is 32.3. The van der Waals surface area contributed by atoms with Crippen LogP contribution in [0.3, 0.4) is 0 Å². The van der Waals surface area contributed by atoms with Crippen LogP contribution < -0.4 is 4.90 Å². The van der Waals surface area contributed by atoms with E-state index in [1.165, 1.54) is 89.0 Å². The Morgan fingerprint density at radius 3 is 1.54 bits per heavy atom. The van der Waals surface area contributed by atoms with Crippen molar-refractivity contribution in [3.05, 3.63) is 257 Å². The average Bonchev–Trinajstić information content (AvgIpc) is 3.77. The molecule has 0 aliphatic heterocycles. The van der Waals surface area contributed by atoms with Crippen LogP contribution in [0.15, 0.2) is 212 Å². The van der Waals surface area contributed by atoms with Gasteiger partial charge in [0.25, 0.3) is 0 Å². The van der Waals surface area contributed by atoms with Gasteiger partial charge in [-0.25, -0.2) is 0 Å². The minimum Gasteiger partial charge on any atom is -0.310 e. The van der Waals surface area contributed by atoms with Gasteiger partial charge in [-0.15, -0.1) is 0 Å². The monoisotopic (exact) mass is 865 g/mol. The van der Waals surface area contributed by atoms with Crippen LogP contribution in [-0.2, 0) is 21.7 Å². The molecule has 1 heteroatoms. The molecule has 2 aliphatic carbocycles. The first-order valence-corrected chi connectivity index (χ1v) is 24.0. The van der Waals surface area contributed by atoms with E-state index in [0.717, 1.165) is 17.1 Å². The zero-order chi connectivity index (χ0) is 46.3. The zero-order valence-corrected chi connectivity index (χ0v) is 40.2. The van der Waals surface area contributed by atoms with E-state index in [9.17, 15) is 0 Å². The van der Waals surface area contributed by atoms with Gasteiger partial charge in [0, 0.05) is 22.4 Å². The molecule has 0 amide bonds. The van der Waals surface area contributed by atoms with E-state index < -0.39 is 5.41 Å². The van der Waals surface area contributed by atoms with E-state index in [2.05, 4.69) is 273 Å². The number of anilines is 3. The molecule has 0 bridgehead atoms. The highest BCUT2D eigenvalue weighted by atomic mass is 15.1. The Bertz CT molecular complexity index is 3320. The van der Waals surface area contributed by atoms with Crippen LogP contribution in [-0.4, -0.2) is 0 Å². The molecule has 1 nitrogen and oxygen atoms in total.